The zero-order chi connectivity index (χ0) is 21.5. The van der Waals surface area contributed by atoms with Gasteiger partial charge in [0.2, 0.25) is 0 Å². The van der Waals surface area contributed by atoms with Crippen molar-refractivity contribution in [2.75, 3.05) is 0 Å². The summed E-state index contributed by atoms with van der Waals surface area (Å²) in [6, 6.07) is 25.0. The number of pyridine rings is 1. The normalized spacial score (nSPS) is 12.6. The number of aryl methyl sites for hydroxylation is 1. The monoisotopic (exact) mass is 597 g/mol. The van der Waals surface area contributed by atoms with Gasteiger partial charge in [-0.3, -0.25) is 9.78 Å². The van der Waals surface area contributed by atoms with E-state index in [0.29, 0.717) is 0 Å². The topological polar surface area (TPSA) is 50.2 Å². The Labute approximate surface area is 201 Å². The molecular weight excluding hydrogens is 575 g/mol. The van der Waals surface area contributed by atoms with Crippen LogP contribution in [-0.2, 0) is 37.7 Å². The molecule has 0 amide bonds. The minimum atomic E-state index is -0.125. The van der Waals surface area contributed by atoms with Crippen molar-refractivity contribution in [3.8, 4) is 33.5 Å². The first-order chi connectivity index (χ1) is 15.0. The van der Waals surface area contributed by atoms with E-state index in [0.717, 1.165) is 24.1 Å². The Morgan fingerprint density at radius 3 is 2.44 bits per heavy atom. The van der Waals surface area contributed by atoms with Crippen LogP contribution in [0.3, 0.4) is 0 Å². The van der Waals surface area contributed by atoms with E-state index in [1.807, 2.05) is 6.07 Å². The molecule has 32 heavy (non-hydrogen) atoms. The van der Waals surface area contributed by atoms with Crippen molar-refractivity contribution in [3.63, 3.8) is 0 Å². The number of allylic oxidation sites excluding steroid dienone is 2. The molecule has 3 nitrogen and oxygen atoms in total. The molecule has 161 valence electrons. The number of aromatic nitrogens is 1. The molecule has 0 spiro atoms. The third-order valence-electron chi connectivity index (χ3n) is 5.83. The van der Waals surface area contributed by atoms with Crippen molar-refractivity contribution in [1.82, 2.24) is 4.98 Å². The first-order valence-corrected chi connectivity index (χ1v) is 10.5. The van der Waals surface area contributed by atoms with Gasteiger partial charge in [0.15, 0.2) is 5.78 Å². The summed E-state index contributed by atoms with van der Waals surface area (Å²) < 4.78 is 0. The standard InChI is InChI=1S/C23H14N.C5H8O2.Ir/c1-2-7-15-14(6-1)12-13-19-21-17-9-4-3-8-16(17)18-10-5-11-20(22(18)21)24-23(15)19;1-4(6)3-5(2)7;/h1-6,8-11H,12-13H2;3,6H,1-2H3;/q-1;;/b;4-3-;. The summed E-state index contributed by atoms with van der Waals surface area (Å²) in [7, 11) is 0. The van der Waals surface area contributed by atoms with Gasteiger partial charge in [-0.2, -0.15) is 0 Å². The molecule has 1 N–H and O–H groups in total. The van der Waals surface area contributed by atoms with E-state index in [-0.39, 0.29) is 31.6 Å². The van der Waals surface area contributed by atoms with Crippen LogP contribution < -0.4 is 0 Å². The first-order valence-electron chi connectivity index (χ1n) is 10.5. The maximum Gasteiger partial charge on any atom is 0.155 e. The number of aliphatic hydroxyl groups is 1. The van der Waals surface area contributed by atoms with Crippen molar-refractivity contribution in [2.24, 2.45) is 0 Å². The van der Waals surface area contributed by atoms with E-state index in [9.17, 15) is 4.79 Å². The molecule has 0 bridgehead atoms. The molecule has 1 radical (unpaired) electrons. The number of nitrogens with zero attached hydrogens (tertiary/aromatic N) is 1. The van der Waals surface area contributed by atoms with E-state index >= 15 is 0 Å². The number of carbonyl (C=O) groups is 1. The summed E-state index contributed by atoms with van der Waals surface area (Å²) in [6.07, 6.45) is 3.30. The molecule has 0 fully saturated rings. The minimum Gasteiger partial charge on any atom is -0.512 e. The molecule has 0 unspecified atom stereocenters. The molecule has 0 saturated carbocycles. The number of fused-ring (bicyclic) bond motifs is 7. The minimum absolute atomic E-state index is 0. The summed E-state index contributed by atoms with van der Waals surface area (Å²) in [5.74, 6) is -0.0625. The second-order valence-corrected chi connectivity index (χ2v) is 8.03. The van der Waals surface area contributed by atoms with Crippen molar-refractivity contribution >= 4 is 16.7 Å². The number of benzene rings is 3. The Morgan fingerprint density at radius 2 is 1.72 bits per heavy atom. The molecule has 0 atom stereocenters. The van der Waals surface area contributed by atoms with Gasteiger partial charge in [0.1, 0.15) is 0 Å². The van der Waals surface area contributed by atoms with Crippen LogP contribution in [0.1, 0.15) is 25.0 Å². The van der Waals surface area contributed by atoms with Crippen molar-refractivity contribution in [2.45, 2.75) is 26.7 Å². The zero-order valence-corrected chi connectivity index (χ0v) is 20.3. The van der Waals surface area contributed by atoms with Crippen LogP contribution in [0.2, 0.25) is 0 Å². The van der Waals surface area contributed by atoms with Gasteiger partial charge in [-0.15, -0.1) is 35.4 Å². The fourth-order valence-electron chi connectivity index (χ4n) is 4.72. The van der Waals surface area contributed by atoms with Crippen LogP contribution in [0, 0.1) is 6.07 Å². The average molecular weight is 597 g/mol. The number of carbonyl (C=O) groups excluding carboxylic acids is 1. The first kappa shape index (κ1) is 22.1. The fraction of sp³-hybridized carbons (Fsp3) is 0.143. The third-order valence-corrected chi connectivity index (χ3v) is 5.83. The second-order valence-electron chi connectivity index (χ2n) is 8.03. The van der Waals surface area contributed by atoms with E-state index in [4.69, 9.17) is 10.1 Å². The van der Waals surface area contributed by atoms with Crippen LogP contribution in [0.25, 0.3) is 44.4 Å². The molecule has 1 aromatic heterocycles. The maximum absolute atomic E-state index is 10.0. The van der Waals surface area contributed by atoms with Crippen LogP contribution >= 0.6 is 0 Å². The summed E-state index contributed by atoms with van der Waals surface area (Å²) >= 11 is 0. The number of hydrogen-bond donors (Lipinski definition) is 1. The molecule has 1 heterocycles. The van der Waals surface area contributed by atoms with Gasteiger partial charge in [0, 0.05) is 31.6 Å². The molecule has 6 rings (SSSR count). The predicted octanol–water partition coefficient (Wildman–Crippen LogP) is 6.48. The zero-order valence-electron chi connectivity index (χ0n) is 17.9. The quantitative estimate of drug-likeness (QED) is 0.137. The van der Waals surface area contributed by atoms with Crippen molar-refractivity contribution in [3.05, 3.63) is 89.7 Å². The number of aliphatic hydroxyl groups excluding tert-OH is 1. The van der Waals surface area contributed by atoms with Crippen LogP contribution in [0.15, 0.2) is 72.5 Å². The summed E-state index contributed by atoms with van der Waals surface area (Å²) in [4.78, 5) is 15.1. The Kier molecular flexibility index (Phi) is 6.10. The molecule has 2 aliphatic rings. The van der Waals surface area contributed by atoms with Crippen LogP contribution in [-0.4, -0.2) is 15.9 Å². The Bertz CT molecular complexity index is 1380. The summed E-state index contributed by atoms with van der Waals surface area (Å²) in [6.45, 7) is 2.85. The molecule has 4 heteroatoms. The van der Waals surface area contributed by atoms with Crippen LogP contribution in [0.5, 0.6) is 0 Å². The third kappa shape index (κ3) is 3.70. The predicted molar refractivity (Wildman–Crippen MR) is 125 cm³/mol. The number of hydrogen-bond acceptors (Lipinski definition) is 3. The second kappa shape index (κ2) is 8.82. The van der Waals surface area contributed by atoms with Crippen molar-refractivity contribution < 1.29 is 30.0 Å². The van der Waals surface area contributed by atoms with Gasteiger partial charge >= 0.3 is 0 Å². The fourth-order valence-corrected chi connectivity index (χ4v) is 4.72. The van der Waals surface area contributed by atoms with Gasteiger partial charge in [-0.05, 0) is 54.3 Å². The van der Waals surface area contributed by atoms with Gasteiger partial charge in [-0.1, -0.05) is 48.4 Å². The average Bonchev–Trinajstić information content (AvgIpc) is 3.10. The summed E-state index contributed by atoms with van der Waals surface area (Å²) in [5, 5.41) is 9.69. The van der Waals surface area contributed by atoms with Crippen LogP contribution in [0.4, 0.5) is 0 Å². The molecule has 2 aliphatic carbocycles. The number of rotatable bonds is 1. The Balaban J connectivity index is 0.000000271. The molecular formula is C28H22IrNO2-. The van der Waals surface area contributed by atoms with Gasteiger partial charge in [0.25, 0.3) is 0 Å². The Hall–Kier alpha value is -3.07. The molecule has 0 saturated heterocycles. The van der Waals surface area contributed by atoms with Gasteiger partial charge < -0.3 is 5.11 Å². The maximum atomic E-state index is 10.0. The van der Waals surface area contributed by atoms with E-state index in [1.54, 1.807) is 0 Å². The smallest absolute Gasteiger partial charge is 0.155 e. The van der Waals surface area contributed by atoms with E-state index in [2.05, 4.69) is 60.7 Å². The number of ketones is 1. The van der Waals surface area contributed by atoms with Crippen molar-refractivity contribution in [1.29, 1.82) is 0 Å². The molecule has 3 aromatic carbocycles. The van der Waals surface area contributed by atoms with E-state index < -0.39 is 0 Å². The summed E-state index contributed by atoms with van der Waals surface area (Å²) in [5.41, 5.74) is 11.6. The largest absolute Gasteiger partial charge is 0.512 e. The van der Waals surface area contributed by atoms with Gasteiger partial charge in [-0.25, -0.2) is 0 Å². The van der Waals surface area contributed by atoms with Gasteiger partial charge in [0.05, 0.1) is 11.3 Å². The SMILES string of the molecule is CC(=O)/C=C(/C)O.[Ir].[c-]1cccc2c1-c1nc3cccc4c3c(c1CC2)-c1ccccc1-4. The van der Waals surface area contributed by atoms with E-state index in [1.165, 1.54) is 64.3 Å². The molecule has 4 aromatic rings. The Morgan fingerprint density at radius 1 is 0.969 bits per heavy atom. The molecule has 0 aliphatic heterocycles.